The zero-order chi connectivity index (χ0) is 48.5. The van der Waals surface area contributed by atoms with Crippen molar-refractivity contribution in [2.45, 2.75) is 63.8 Å². The van der Waals surface area contributed by atoms with Gasteiger partial charge in [-0.2, -0.15) is 0 Å². The lowest BCUT2D eigenvalue weighted by atomic mass is 9.79. The molecule has 6 aromatic rings. The van der Waals surface area contributed by atoms with E-state index >= 15 is 0 Å². The summed E-state index contributed by atoms with van der Waals surface area (Å²) in [6.45, 7) is 10.1. The summed E-state index contributed by atoms with van der Waals surface area (Å²) in [5, 5.41) is 12.1. The second kappa shape index (κ2) is 24.8. The molecule has 0 radical (unpaired) electrons. The molecule has 1 aliphatic heterocycles. The van der Waals surface area contributed by atoms with E-state index in [0.29, 0.717) is 22.7 Å². The maximum absolute atomic E-state index is 13.2. The molecule has 360 valence electrons. The van der Waals surface area contributed by atoms with E-state index in [-0.39, 0.29) is 43.5 Å². The third-order valence-corrected chi connectivity index (χ3v) is 11.6. The van der Waals surface area contributed by atoms with E-state index in [2.05, 4.69) is 45.9 Å². The Bertz CT molecular complexity index is 2450. The lowest BCUT2D eigenvalue weighted by Crippen LogP contribution is -2.46. The zero-order valence-corrected chi connectivity index (χ0v) is 39.3. The molecule has 0 unspecified atom stereocenters. The molecule has 7 rings (SSSR count). The normalized spacial score (nSPS) is 16.8. The van der Waals surface area contributed by atoms with Crippen LogP contribution < -0.4 is 14.8 Å². The quantitative estimate of drug-likeness (QED) is 0.0395. The van der Waals surface area contributed by atoms with Crippen LogP contribution in [0.2, 0.25) is 0 Å². The monoisotopic (exact) mass is 932 g/mol. The number of hydrogen-bond donors (Lipinski definition) is 2. The highest BCUT2D eigenvalue weighted by Crippen LogP contribution is 2.47. The number of esters is 1. The Balaban J connectivity index is 0.00000101. The van der Waals surface area contributed by atoms with Crippen molar-refractivity contribution >= 4 is 34.8 Å². The van der Waals surface area contributed by atoms with Gasteiger partial charge in [-0.1, -0.05) is 93.6 Å². The molecule has 2 aromatic heterocycles. The van der Waals surface area contributed by atoms with E-state index < -0.39 is 48.5 Å². The van der Waals surface area contributed by atoms with E-state index in [0.717, 1.165) is 16.7 Å². The second-order valence-corrected chi connectivity index (χ2v) is 15.5. The Kier molecular flexibility index (Phi) is 18.5. The summed E-state index contributed by atoms with van der Waals surface area (Å²) in [6.07, 6.45) is -1.94. The number of ether oxygens (including phenoxy) is 7. The van der Waals surface area contributed by atoms with E-state index in [1.54, 1.807) is 50.2 Å². The van der Waals surface area contributed by atoms with E-state index in [1.165, 1.54) is 32.3 Å². The van der Waals surface area contributed by atoms with Gasteiger partial charge in [0, 0.05) is 12.7 Å². The number of benzene rings is 4. The van der Waals surface area contributed by atoms with Crippen molar-refractivity contribution in [3.05, 3.63) is 144 Å². The van der Waals surface area contributed by atoms with Crippen molar-refractivity contribution in [1.29, 1.82) is 0 Å². The first-order chi connectivity index (χ1) is 33.1. The summed E-state index contributed by atoms with van der Waals surface area (Å²) in [5.41, 5.74) is 1.84. The van der Waals surface area contributed by atoms with Gasteiger partial charge in [-0.15, -0.1) is 0 Å². The number of carbonyl (C=O) groups is 3. The van der Waals surface area contributed by atoms with Gasteiger partial charge in [-0.3, -0.25) is 19.0 Å². The van der Waals surface area contributed by atoms with Crippen LogP contribution in [0.25, 0.3) is 11.2 Å². The molecular formula is C51H60N6O11. The largest absolute Gasteiger partial charge is 0.497 e. The second-order valence-electron chi connectivity index (χ2n) is 15.5. The Morgan fingerprint density at radius 3 is 1.87 bits per heavy atom. The number of methoxy groups -OCH3 is 3. The summed E-state index contributed by atoms with van der Waals surface area (Å²) in [7, 11) is 4.73. The number of amides is 1. The van der Waals surface area contributed by atoms with Gasteiger partial charge in [-0.05, 0) is 72.7 Å². The topological polar surface area (TPSA) is 195 Å². The van der Waals surface area contributed by atoms with Crippen molar-refractivity contribution < 1.29 is 52.6 Å². The van der Waals surface area contributed by atoms with Gasteiger partial charge in [0.1, 0.15) is 48.3 Å². The smallest absolute Gasteiger partial charge is 0.306 e. The average Bonchev–Trinajstić information content (AvgIpc) is 3.97. The van der Waals surface area contributed by atoms with Crippen LogP contribution in [0.15, 0.2) is 122 Å². The summed E-state index contributed by atoms with van der Waals surface area (Å²) < 4.78 is 44.9. The first-order valence-electron chi connectivity index (χ1n) is 22.5. The Labute approximate surface area is 396 Å². The van der Waals surface area contributed by atoms with Gasteiger partial charge in [0.15, 0.2) is 23.2 Å². The minimum absolute atomic E-state index is 0.107. The highest BCUT2D eigenvalue weighted by molar-refractivity contribution is 6.06. The molecule has 68 heavy (non-hydrogen) atoms. The fourth-order valence-electron chi connectivity index (χ4n) is 7.91. The molecule has 3 heterocycles. The molecule has 2 N–H and O–H groups in total. The summed E-state index contributed by atoms with van der Waals surface area (Å²) in [4.78, 5) is 53.4. The molecule has 17 heteroatoms. The number of fused-ring (bicyclic) bond motifs is 1. The fourth-order valence-corrected chi connectivity index (χ4v) is 7.91. The van der Waals surface area contributed by atoms with Crippen molar-refractivity contribution in [3.63, 3.8) is 0 Å². The fraction of sp³-hybridized carbons (Fsp3) is 0.373. The molecule has 1 saturated heterocycles. The first-order valence-corrected chi connectivity index (χ1v) is 22.5. The third kappa shape index (κ3) is 12.2. The Morgan fingerprint density at radius 2 is 1.32 bits per heavy atom. The van der Waals surface area contributed by atoms with E-state index in [4.69, 9.17) is 33.2 Å². The SMILES string of the molecule is CCN(CC)CC.COCCO[C@@H]1[C@H](OC(c2ccccc2)(c2ccc(OC)cc2)c2ccc(OC)cc2)[C@@H](COC(=O)CCC(=O)O)O[C@H]1n1cnc2c(NC(=O)c3ccccc3)ncnc21. The van der Waals surface area contributed by atoms with Gasteiger partial charge in [0.2, 0.25) is 0 Å². The van der Waals surface area contributed by atoms with Crippen LogP contribution in [0, 0.1) is 0 Å². The average molecular weight is 933 g/mol. The number of aliphatic carboxylic acids is 1. The molecule has 1 fully saturated rings. The maximum Gasteiger partial charge on any atom is 0.306 e. The molecule has 1 amide bonds. The number of carboxylic acids is 1. The zero-order valence-electron chi connectivity index (χ0n) is 39.3. The van der Waals surface area contributed by atoms with E-state index in [9.17, 15) is 19.5 Å². The number of rotatable bonds is 22. The van der Waals surface area contributed by atoms with Gasteiger partial charge in [0.05, 0.1) is 46.6 Å². The third-order valence-electron chi connectivity index (χ3n) is 11.6. The Morgan fingerprint density at radius 1 is 0.735 bits per heavy atom. The van der Waals surface area contributed by atoms with Crippen molar-refractivity contribution in [1.82, 2.24) is 24.4 Å². The molecular weight excluding hydrogens is 873 g/mol. The van der Waals surface area contributed by atoms with E-state index in [1.807, 2.05) is 84.9 Å². The van der Waals surface area contributed by atoms with Gasteiger partial charge < -0.3 is 48.5 Å². The molecule has 0 spiro atoms. The molecule has 4 atom stereocenters. The number of carboxylic acid groups (broad SMARTS) is 1. The predicted octanol–water partition coefficient (Wildman–Crippen LogP) is 7.16. The number of hydrogen-bond acceptors (Lipinski definition) is 14. The Hall–Kier alpha value is -6.76. The van der Waals surface area contributed by atoms with Crippen LogP contribution in [-0.2, 0) is 38.9 Å². The van der Waals surface area contributed by atoms with Crippen molar-refractivity contribution in [2.24, 2.45) is 0 Å². The molecule has 0 aliphatic carbocycles. The number of nitrogens with one attached hydrogen (secondary N) is 1. The van der Waals surface area contributed by atoms with Crippen LogP contribution >= 0.6 is 0 Å². The van der Waals surface area contributed by atoms with Crippen LogP contribution in [0.3, 0.4) is 0 Å². The number of anilines is 1. The summed E-state index contributed by atoms with van der Waals surface area (Å²) in [5.74, 6) is -0.826. The van der Waals surface area contributed by atoms with Gasteiger partial charge in [0.25, 0.3) is 5.91 Å². The van der Waals surface area contributed by atoms with Crippen molar-refractivity contribution in [3.8, 4) is 11.5 Å². The maximum atomic E-state index is 13.2. The highest BCUT2D eigenvalue weighted by Gasteiger charge is 2.53. The van der Waals surface area contributed by atoms with Crippen LogP contribution in [0.1, 0.15) is 66.9 Å². The molecule has 0 bridgehead atoms. The predicted molar refractivity (Wildman–Crippen MR) is 254 cm³/mol. The standard InChI is InChI=1S/C45H45N5O11.C6H15N/c1-55-24-25-58-40-39(61-45(30-12-8-5-9-13-30,31-14-18-33(56-2)19-15-31)32-16-20-34(57-3)21-17-32)35(26-59-37(53)23-22-36(51)52)60-44(40)50-28-48-38-41(46-27-47-42(38)50)49-43(54)29-10-6-4-7-11-29;1-4-7(5-2)6-3/h4-21,27-28,35,39-40,44H,22-26H2,1-3H3,(H,51,52)(H,46,47,49,54);4-6H2,1-3H3/t35-,39-,40-,44-;/m1./s1. The van der Waals surface area contributed by atoms with Crippen LogP contribution in [0.5, 0.6) is 11.5 Å². The van der Waals surface area contributed by atoms with Gasteiger partial charge >= 0.3 is 11.9 Å². The minimum atomic E-state index is -1.37. The number of aromatic nitrogens is 4. The number of imidazole rings is 1. The number of nitrogens with zero attached hydrogens (tertiary/aromatic N) is 5. The summed E-state index contributed by atoms with van der Waals surface area (Å²) >= 11 is 0. The highest BCUT2D eigenvalue weighted by atomic mass is 16.6. The van der Waals surface area contributed by atoms with Gasteiger partial charge in [-0.25, -0.2) is 15.0 Å². The van der Waals surface area contributed by atoms with Crippen molar-refractivity contribution in [2.75, 3.05) is 66.1 Å². The number of carbonyl (C=O) groups excluding carboxylic acids is 2. The van der Waals surface area contributed by atoms with Crippen LogP contribution in [-0.4, -0.2) is 126 Å². The molecule has 0 saturated carbocycles. The minimum Gasteiger partial charge on any atom is -0.497 e. The van der Waals surface area contributed by atoms with Crippen LogP contribution in [0.4, 0.5) is 5.82 Å². The lowest BCUT2D eigenvalue weighted by molar-refractivity contribution is -0.157. The first kappa shape index (κ1) is 50.6. The molecule has 4 aromatic carbocycles. The molecule has 17 nitrogen and oxygen atoms in total. The lowest BCUT2D eigenvalue weighted by Gasteiger charge is -2.40. The molecule has 1 aliphatic rings. The summed E-state index contributed by atoms with van der Waals surface area (Å²) in [6, 6.07) is 33.3.